The monoisotopic (exact) mass is 354 g/mol. The molecule has 3 rings (SSSR count). The van der Waals surface area contributed by atoms with Crippen LogP contribution < -0.4 is 9.62 Å². The van der Waals surface area contributed by atoms with E-state index in [1.165, 1.54) is 24.0 Å². The lowest BCUT2D eigenvalue weighted by Gasteiger charge is -2.16. The number of hydrogen-bond donors (Lipinski definition) is 1. The highest BCUT2D eigenvalue weighted by atomic mass is 32.2. The first kappa shape index (κ1) is 17.0. The van der Waals surface area contributed by atoms with Crippen molar-refractivity contribution in [3.63, 3.8) is 0 Å². The normalized spacial score (nSPS) is 11.3. The first-order chi connectivity index (χ1) is 11.9. The molecular weight excluding hydrogens is 336 g/mol. The lowest BCUT2D eigenvalue weighted by Crippen LogP contribution is -2.22. The van der Waals surface area contributed by atoms with Crippen molar-refractivity contribution in [3.8, 4) is 0 Å². The summed E-state index contributed by atoms with van der Waals surface area (Å²) in [6.07, 6.45) is 0. The molecule has 25 heavy (non-hydrogen) atoms. The molecule has 0 spiro atoms. The van der Waals surface area contributed by atoms with Crippen LogP contribution in [0, 0.1) is 0 Å². The minimum atomic E-state index is -3.72. The Balaban J connectivity index is 1.93. The van der Waals surface area contributed by atoms with Crippen LogP contribution in [0.4, 0.5) is 11.4 Å². The van der Waals surface area contributed by atoms with Crippen molar-refractivity contribution in [2.45, 2.75) is 11.8 Å². The standard InChI is InChI=1S/C19H18N2O3S/c1-14(22)21(2)16-10-12-17(13-11-16)25(23,24)20-19-9-5-7-15-6-3-4-8-18(15)19/h3-13,20H,1-2H3. The molecule has 0 heterocycles. The number of nitrogens with zero attached hydrogens (tertiary/aromatic N) is 1. The second-order valence-corrected chi connectivity index (χ2v) is 7.39. The van der Waals surface area contributed by atoms with Gasteiger partial charge in [-0.25, -0.2) is 8.42 Å². The van der Waals surface area contributed by atoms with E-state index in [4.69, 9.17) is 0 Å². The molecule has 0 unspecified atom stereocenters. The number of fused-ring (bicyclic) bond motifs is 1. The van der Waals surface area contributed by atoms with Crippen LogP contribution in [-0.2, 0) is 14.8 Å². The molecule has 0 aliphatic carbocycles. The van der Waals surface area contributed by atoms with Gasteiger partial charge in [-0.2, -0.15) is 0 Å². The SMILES string of the molecule is CC(=O)N(C)c1ccc(S(=O)(=O)Nc2cccc3ccccc23)cc1. The maximum atomic E-state index is 12.7. The molecule has 1 amide bonds. The van der Waals surface area contributed by atoms with Crippen LogP contribution in [-0.4, -0.2) is 21.4 Å². The Morgan fingerprint density at radius 1 is 0.920 bits per heavy atom. The van der Waals surface area contributed by atoms with Crippen molar-refractivity contribution in [2.75, 3.05) is 16.7 Å². The summed E-state index contributed by atoms with van der Waals surface area (Å²) >= 11 is 0. The van der Waals surface area contributed by atoms with Crippen molar-refractivity contribution in [1.29, 1.82) is 0 Å². The van der Waals surface area contributed by atoms with E-state index in [9.17, 15) is 13.2 Å². The van der Waals surface area contributed by atoms with E-state index in [1.807, 2.05) is 36.4 Å². The number of sulfonamides is 1. The van der Waals surface area contributed by atoms with Gasteiger partial charge in [-0.3, -0.25) is 9.52 Å². The third-order valence-electron chi connectivity index (χ3n) is 4.04. The van der Waals surface area contributed by atoms with E-state index in [2.05, 4.69) is 4.72 Å². The van der Waals surface area contributed by atoms with E-state index in [-0.39, 0.29) is 10.8 Å². The number of nitrogens with one attached hydrogen (secondary N) is 1. The summed E-state index contributed by atoms with van der Waals surface area (Å²) in [4.78, 5) is 13.0. The van der Waals surface area contributed by atoms with Crippen LogP contribution in [0.2, 0.25) is 0 Å². The van der Waals surface area contributed by atoms with E-state index in [0.717, 1.165) is 10.8 Å². The van der Waals surface area contributed by atoms with Crippen LogP contribution in [0.5, 0.6) is 0 Å². The molecule has 0 atom stereocenters. The largest absolute Gasteiger partial charge is 0.316 e. The Bertz CT molecular complexity index is 1020. The zero-order valence-corrected chi connectivity index (χ0v) is 14.7. The minimum absolute atomic E-state index is 0.121. The molecule has 0 aliphatic heterocycles. The molecule has 128 valence electrons. The van der Waals surface area contributed by atoms with Crippen molar-refractivity contribution in [3.05, 3.63) is 66.7 Å². The van der Waals surface area contributed by atoms with Gasteiger partial charge < -0.3 is 4.90 Å². The Hall–Kier alpha value is -2.86. The summed E-state index contributed by atoms with van der Waals surface area (Å²) < 4.78 is 28.0. The van der Waals surface area contributed by atoms with Gasteiger partial charge in [0.15, 0.2) is 0 Å². The Morgan fingerprint density at radius 2 is 1.56 bits per heavy atom. The third-order valence-corrected chi connectivity index (χ3v) is 5.42. The molecule has 3 aromatic carbocycles. The lowest BCUT2D eigenvalue weighted by molar-refractivity contribution is -0.116. The fourth-order valence-electron chi connectivity index (χ4n) is 2.55. The van der Waals surface area contributed by atoms with E-state index >= 15 is 0 Å². The highest BCUT2D eigenvalue weighted by Gasteiger charge is 2.16. The topological polar surface area (TPSA) is 66.5 Å². The van der Waals surface area contributed by atoms with Crippen LogP contribution in [0.15, 0.2) is 71.6 Å². The van der Waals surface area contributed by atoms with Gasteiger partial charge in [0.25, 0.3) is 10.0 Å². The van der Waals surface area contributed by atoms with Crippen molar-refractivity contribution in [2.24, 2.45) is 0 Å². The number of carbonyl (C=O) groups is 1. The lowest BCUT2D eigenvalue weighted by atomic mass is 10.1. The summed E-state index contributed by atoms with van der Waals surface area (Å²) in [5.74, 6) is -0.121. The molecule has 0 fully saturated rings. The third kappa shape index (κ3) is 3.49. The van der Waals surface area contributed by atoms with Crippen LogP contribution >= 0.6 is 0 Å². The number of anilines is 2. The Kier molecular flexibility index (Phi) is 4.46. The maximum Gasteiger partial charge on any atom is 0.261 e. The average molecular weight is 354 g/mol. The van der Waals surface area contributed by atoms with E-state index in [1.54, 1.807) is 25.2 Å². The molecular formula is C19H18N2O3S. The molecule has 0 aliphatic rings. The van der Waals surface area contributed by atoms with Gasteiger partial charge in [0.1, 0.15) is 0 Å². The summed E-state index contributed by atoms with van der Waals surface area (Å²) in [5, 5.41) is 1.79. The summed E-state index contributed by atoms with van der Waals surface area (Å²) in [6.45, 7) is 1.45. The smallest absolute Gasteiger partial charge is 0.261 e. The first-order valence-corrected chi connectivity index (χ1v) is 9.22. The van der Waals surface area contributed by atoms with Crippen LogP contribution in [0.25, 0.3) is 10.8 Å². The number of hydrogen-bond acceptors (Lipinski definition) is 3. The predicted molar refractivity (Wildman–Crippen MR) is 100 cm³/mol. The second-order valence-electron chi connectivity index (χ2n) is 5.70. The van der Waals surface area contributed by atoms with Gasteiger partial charge in [-0.15, -0.1) is 0 Å². The summed E-state index contributed by atoms with van der Waals surface area (Å²) in [7, 11) is -2.08. The summed E-state index contributed by atoms with van der Waals surface area (Å²) in [5.41, 5.74) is 1.17. The second kappa shape index (κ2) is 6.57. The average Bonchev–Trinajstić information content (AvgIpc) is 2.61. The Labute approximate surface area is 146 Å². The van der Waals surface area contributed by atoms with Gasteiger partial charge in [0, 0.05) is 25.0 Å². The molecule has 0 saturated carbocycles. The van der Waals surface area contributed by atoms with Gasteiger partial charge in [-0.05, 0) is 35.7 Å². The van der Waals surface area contributed by atoms with Crippen molar-refractivity contribution >= 4 is 38.1 Å². The Morgan fingerprint density at radius 3 is 2.24 bits per heavy atom. The van der Waals surface area contributed by atoms with Gasteiger partial charge in [-0.1, -0.05) is 36.4 Å². The highest BCUT2D eigenvalue weighted by molar-refractivity contribution is 7.92. The quantitative estimate of drug-likeness (QED) is 0.778. The van der Waals surface area contributed by atoms with Gasteiger partial charge in [0.05, 0.1) is 10.6 Å². The predicted octanol–water partition coefficient (Wildman–Crippen LogP) is 3.62. The van der Waals surface area contributed by atoms with Gasteiger partial charge in [0.2, 0.25) is 5.91 Å². The number of carbonyl (C=O) groups excluding carboxylic acids is 1. The first-order valence-electron chi connectivity index (χ1n) is 7.73. The van der Waals surface area contributed by atoms with Gasteiger partial charge >= 0.3 is 0 Å². The van der Waals surface area contributed by atoms with Crippen LogP contribution in [0.1, 0.15) is 6.92 Å². The zero-order valence-electron chi connectivity index (χ0n) is 13.9. The molecule has 0 saturated heterocycles. The van der Waals surface area contributed by atoms with Crippen LogP contribution in [0.3, 0.4) is 0 Å². The highest BCUT2D eigenvalue weighted by Crippen LogP contribution is 2.26. The minimum Gasteiger partial charge on any atom is -0.316 e. The van der Waals surface area contributed by atoms with Crippen molar-refractivity contribution in [1.82, 2.24) is 0 Å². The molecule has 6 heteroatoms. The molecule has 1 N–H and O–H groups in total. The summed E-state index contributed by atoms with van der Waals surface area (Å²) in [6, 6.07) is 19.3. The maximum absolute atomic E-state index is 12.7. The van der Waals surface area contributed by atoms with E-state index in [0.29, 0.717) is 11.4 Å². The molecule has 0 aromatic heterocycles. The molecule has 5 nitrogen and oxygen atoms in total. The molecule has 0 bridgehead atoms. The number of amides is 1. The fourth-order valence-corrected chi connectivity index (χ4v) is 3.63. The van der Waals surface area contributed by atoms with Crippen molar-refractivity contribution < 1.29 is 13.2 Å². The fraction of sp³-hybridized carbons (Fsp3) is 0.105. The zero-order chi connectivity index (χ0) is 18.0. The molecule has 0 radical (unpaired) electrons. The van der Waals surface area contributed by atoms with E-state index < -0.39 is 10.0 Å². The number of rotatable bonds is 4. The molecule has 3 aromatic rings. The number of benzene rings is 3.